The number of carbonyl (C=O) groups excluding carboxylic acids is 9. The zero-order chi connectivity index (χ0) is 57.8. The van der Waals surface area contributed by atoms with Gasteiger partial charge < -0.3 is 62.7 Å². The fraction of sp³-hybridized carbons (Fsp3) is 0.732. The first-order valence-corrected chi connectivity index (χ1v) is 27.4. The van der Waals surface area contributed by atoms with Crippen molar-refractivity contribution in [3.05, 3.63) is 29.8 Å². The summed E-state index contributed by atoms with van der Waals surface area (Å²) in [6.07, 6.45) is 1.77. The van der Waals surface area contributed by atoms with Crippen molar-refractivity contribution in [2.75, 3.05) is 33.9 Å². The molecule has 0 aromatic heterocycles. The van der Waals surface area contributed by atoms with Crippen molar-refractivity contribution in [3.63, 3.8) is 0 Å². The molecule has 0 bridgehead atoms. The smallest absolute Gasteiger partial charge is 0.303 e. The van der Waals surface area contributed by atoms with Crippen molar-refractivity contribution in [2.24, 2.45) is 5.41 Å². The second-order valence-corrected chi connectivity index (χ2v) is 19.8. The zero-order valence-electron chi connectivity index (χ0n) is 47.4. The maximum absolute atomic E-state index is 14.6. The molecule has 2 aliphatic heterocycles. The van der Waals surface area contributed by atoms with Gasteiger partial charge in [-0.15, -0.1) is 0 Å². The van der Waals surface area contributed by atoms with Gasteiger partial charge in [0.25, 0.3) is 0 Å². The molecule has 2 aliphatic rings. The Balaban J connectivity index is 1.97. The molecular formula is C56H86N2O20. The van der Waals surface area contributed by atoms with Gasteiger partial charge in [-0.1, -0.05) is 115 Å². The number of amides is 2. The van der Waals surface area contributed by atoms with E-state index in [0.29, 0.717) is 17.9 Å². The maximum Gasteiger partial charge on any atom is 0.303 e. The van der Waals surface area contributed by atoms with Crippen molar-refractivity contribution in [1.29, 1.82) is 0 Å². The molecule has 2 N–H and O–H groups in total. The van der Waals surface area contributed by atoms with E-state index in [1.807, 2.05) is 0 Å². The number of ether oxygens (including phenoxy) is 11. The van der Waals surface area contributed by atoms with Crippen LogP contribution in [0.1, 0.15) is 164 Å². The Morgan fingerprint density at radius 3 is 1.27 bits per heavy atom. The molecule has 2 saturated heterocycles. The van der Waals surface area contributed by atoms with E-state index in [0.717, 1.165) is 67.7 Å². The zero-order valence-corrected chi connectivity index (χ0v) is 47.4. The molecule has 0 unspecified atom stereocenters. The van der Waals surface area contributed by atoms with Gasteiger partial charge in [-0.2, -0.15) is 0 Å². The molecule has 2 fully saturated rings. The van der Waals surface area contributed by atoms with Crippen LogP contribution in [0.2, 0.25) is 0 Å². The van der Waals surface area contributed by atoms with Crippen LogP contribution in [-0.2, 0) is 96.9 Å². The highest BCUT2D eigenvalue weighted by Crippen LogP contribution is 2.43. The van der Waals surface area contributed by atoms with Gasteiger partial charge in [-0.25, -0.2) is 0 Å². The summed E-state index contributed by atoms with van der Waals surface area (Å²) in [6, 6.07) is 6.69. The minimum Gasteiger partial charge on any atom is -0.494 e. The van der Waals surface area contributed by atoms with Crippen LogP contribution in [0.15, 0.2) is 24.3 Å². The Morgan fingerprint density at radius 1 is 0.462 bits per heavy atom. The molecule has 2 heterocycles. The van der Waals surface area contributed by atoms with Gasteiger partial charge in [0.2, 0.25) is 11.8 Å². The number of nitrogens with one attached hydrogen (secondary N) is 2. The van der Waals surface area contributed by atoms with Crippen LogP contribution in [0.25, 0.3) is 0 Å². The lowest BCUT2D eigenvalue weighted by Gasteiger charge is -2.51. The Morgan fingerprint density at radius 2 is 0.846 bits per heavy atom. The van der Waals surface area contributed by atoms with Crippen molar-refractivity contribution in [1.82, 2.24) is 10.6 Å². The van der Waals surface area contributed by atoms with Gasteiger partial charge in [-0.3, -0.25) is 43.2 Å². The molecule has 0 aliphatic carbocycles. The standard InChI is InChI=1S/C56H86N2O20/c1-11-12-13-14-15-16-17-18-19-20-21-22-23-24-25-26-31-68-43-29-27-42(28-30-43)32-56(54(66)57-9,55(67)58-10)52-50(74-40(7)64)48(72-38(5)62)47(44(76-52)33-69-35(2)59)78-53-51(75-41(8)65)49(73-39(6)63)46(71-37(4)61)45(77-53)34-70-36(3)60/h27-30,44-53H,11-26,31-34H2,1-10H3,(H,57,66)(H,58,67)/t44-,45-,46+,47-,48+,49+,50-,51-,52-,53+/m1/s1. The Hall–Kier alpha value is -5.87. The van der Waals surface area contributed by atoms with Gasteiger partial charge in [0.05, 0.1) is 6.61 Å². The first-order valence-electron chi connectivity index (χ1n) is 27.4. The van der Waals surface area contributed by atoms with Crippen LogP contribution in [0.4, 0.5) is 0 Å². The van der Waals surface area contributed by atoms with Crippen LogP contribution in [-0.4, -0.2) is 149 Å². The van der Waals surface area contributed by atoms with E-state index < -0.39 is 140 Å². The molecule has 22 heteroatoms. The summed E-state index contributed by atoms with van der Waals surface area (Å²) in [6.45, 7) is 8.58. The van der Waals surface area contributed by atoms with Gasteiger partial charge in [0.15, 0.2) is 42.2 Å². The highest BCUT2D eigenvalue weighted by Gasteiger charge is 2.64. The number of hydrogen-bond donors (Lipinski definition) is 2. The van der Waals surface area contributed by atoms with Crippen LogP contribution < -0.4 is 15.4 Å². The normalized spacial score (nSPS) is 22.9. The van der Waals surface area contributed by atoms with Gasteiger partial charge in [0, 0.05) is 62.6 Å². The van der Waals surface area contributed by atoms with Gasteiger partial charge in [-0.05, 0) is 30.5 Å². The number of hydrogen-bond acceptors (Lipinski definition) is 20. The first-order chi connectivity index (χ1) is 37.2. The predicted molar refractivity (Wildman–Crippen MR) is 279 cm³/mol. The minimum atomic E-state index is -2.38. The fourth-order valence-electron chi connectivity index (χ4n) is 9.84. The summed E-state index contributed by atoms with van der Waals surface area (Å²) in [5, 5.41) is 5.06. The number of rotatable bonds is 34. The molecule has 440 valence electrons. The van der Waals surface area contributed by atoms with Crippen molar-refractivity contribution in [2.45, 2.75) is 226 Å². The average Bonchev–Trinajstić information content (AvgIpc) is 3.54. The van der Waals surface area contributed by atoms with Crippen molar-refractivity contribution in [3.8, 4) is 5.75 Å². The molecule has 1 aromatic rings. The lowest BCUT2D eigenvalue weighted by Crippen LogP contribution is -2.72. The molecule has 0 radical (unpaired) electrons. The van der Waals surface area contributed by atoms with Crippen molar-refractivity contribution < 1.29 is 95.3 Å². The predicted octanol–water partition coefficient (Wildman–Crippen LogP) is 6.01. The summed E-state index contributed by atoms with van der Waals surface area (Å²) in [5.74, 6) is -7.78. The molecule has 10 atom stereocenters. The highest BCUT2D eigenvalue weighted by atomic mass is 16.8. The quantitative estimate of drug-likeness (QED) is 0.0346. The minimum absolute atomic E-state index is 0.415. The first kappa shape index (κ1) is 66.4. The molecule has 78 heavy (non-hydrogen) atoms. The summed E-state index contributed by atoms with van der Waals surface area (Å²) in [7, 11) is 2.55. The monoisotopic (exact) mass is 1110 g/mol. The summed E-state index contributed by atoms with van der Waals surface area (Å²) < 4.78 is 64.5. The van der Waals surface area contributed by atoms with Crippen molar-refractivity contribution >= 4 is 53.6 Å². The summed E-state index contributed by atoms with van der Waals surface area (Å²) in [5.41, 5.74) is -1.97. The van der Waals surface area contributed by atoms with E-state index in [2.05, 4.69) is 17.6 Å². The number of carbonyl (C=O) groups is 9. The van der Waals surface area contributed by atoms with Crippen LogP contribution >= 0.6 is 0 Å². The largest absolute Gasteiger partial charge is 0.494 e. The SMILES string of the molecule is CCCCCCCCCCCCCCCCCCOc1ccc(CC(C(=O)NC)(C(=O)NC)[C@@H]2O[C@H](COC(C)=O)[C@@H](O[C@@H]3O[C@H](COC(C)=O)[C@H](OC(C)=O)[C@H](OC(C)=O)[C@H]3OC(C)=O)[C@H](OC(C)=O)[C@H]2OC(C)=O)cc1. The third-order valence-electron chi connectivity index (χ3n) is 13.4. The summed E-state index contributed by atoms with van der Waals surface area (Å²) in [4.78, 5) is 118. The van der Waals surface area contributed by atoms with Gasteiger partial charge >= 0.3 is 41.8 Å². The molecule has 0 spiro atoms. The Bertz CT molecular complexity index is 2070. The molecule has 1 aromatic carbocycles. The van der Waals surface area contributed by atoms with E-state index in [-0.39, 0.29) is 0 Å². The van der Waals surface area contributed by atoms with Crippen LogP contribution in [0, 0.1) is 5.41 Å². The van der Waals surface area contributed by atoms with E-state index in [9.17, 15) is 43.2 Å². The lowest BCUT2D eigenvalue weighted by molar-refractivity contribution is -0.348. The van der Waals surface area contributed by atoms with E-state index in [1.54, 1.807) is 24.3 Å². The van der Waals surface area contributed by atoms with E-state index in [4.69, 9.17) is 52.1 Å². The molecule has 0 saturated carbocycles. The van der Waals surface area contributed by atoms with E-state index >= 15 is 0 Å². The highest BCUT2D eigenvalue weighted by molar-refractivity contribution is 6.06. The summed E-state index contributed by atoms with van der Waals surface area (Å²) >= 11 is 0. The topological polar surface area (TPSA) is 279 Å². The van der Waals surface area contributed by atoms with Crippen LogP contribution in [0.5, 0.6) is 5.75 Å². The molecule has 22 nitrogen and oxygen atoms in total. The third kappa shape index (κ3) is 21.8. The van der Waals surface area contributed by atoms with Gasteiger partial charge in [0.1, 0.15) is 43.4 Å². The fourth-order valence-corrected chi connectivity index (χ4v) is 9.84. The number of esters is 7. The number of unbranched alkanes of at least 4 members (excludes halogenated alkanes) is 15. The second kappa shape index (κ2) is 34.9. The Kier molecular flexibility index (Phi) is 29.7. The lowest BCUT2D eigenvalue weighted by atomic mass is 9.70. The second-order valence-electron chi connectivity index (χ2n) is 19.8. The molecular weight excluding hydrogens is 1020 g/mol. The maximum atomic E-state index is 14.6. The third-order valence-corrected chi connectivity index (χ3v) is 13.4. The number of benzene rings is 1. The Labute approximate surface area is 458 Å². The molecule has 3 rings (SSSR count). The van der Waals surface area contributed by atoms with E-state index in [1.165, 1.54) is 97.6 Å². The molecule has 2 amide bonds. The average molecular weight is 1110 g/mol. The van der Waals surface area contributed by atoms with Crippen LogP contribution in [0.3, 0.4) is 0 Å².